The number of nitrogens with one attached hydrogen (secondary N) is 2. The van der Waals surface area contributed by atoms with Gasteiger partial charge in [-0.1, -0.05) is 28.1 Å². The molecule has 7 heteroatoms. The predicted octanol–water partition coefficient (Wildman–Crippen LogP) is 3.99. The highest BCUT2D eigenvalue weighted by Crippen LogP contribution is 2.24. The van der Waals surface area contributed by atoms with Gasteiger partial charge in [-0.05, 0) is 56.1 Å². The Morgan fingerprint density at radius 1 is 1.08 bits per heavy atom. The van der Waals surface area contributed by atoms with Gasteiger partial charge in [-0.2, -0.15) is 0 Å². The number of carbonyl (C=O) groups is 2. The quantitative estimate of drug-likeness (QED) is 0.645. The number of hydrogen-bond acceptors (Lipinski definition) is 4. The number of benzene rings is 2. The van der Waals surface area contributed by atoms with Crippen LogP contribution in [0.5, 0.6) is 0 Å². The van der Waals surface area contributed by atoms with Crippen molar-refractivity contribution in [1.29, 1.82) is 0 Å². The fourth-order valence-corrected chi connectivity index (χ4v) is 3.21. The minimum atomic E-state index is -0.161. The largest absolute Gasteiger partial charge is 0.325 e. The molecule has 0 aliphatic heterocycles. The molecule has 0 aliphatic carbocycles. The normalized spacial score (nSPS) is 10.7. The molecule has 138 valence electrons. The van der Waals surface area contributed by atoms with Gasteiger partial charge in [-0.15, -0.1) is 11.8 Å². The van der Waals surface area contributed by atoms with Crippen LogP contribution in [0.15, 0.2) is 51.8 Å². The average Bonchev–Trinajstić information content (AvgIpc) is 2.58. The number of aryl methyl sites for hydroxylation is 1. The second kappa shape index (κ2) is 9.75. The third-order valence-electron chi connectivity index (χ3n) is 3.65. The lowest BCUT2D eigenvalue weighted by atomic mass is 10.2. The van der Waals surface area contributed by atoms with Gasteiger partial charge in [-0.25, -0.2) is 0 Å². The predicted molar refractivity (Wildman–Crippen MR) is 112 cm³/mol. The van der Waals surface area contributed by atoms with Crippen molar-refractivity contribution in [3.8, 4) is 0 Å². The number of amides is 2. The summed E-state index contributed by atoms with van der Waals surface area (Å²) in [6.07, 6.45) is 1.96. The zero-order valence-corrected chi connectivity index (χ0v) is 17.4. The highest BCUT2D eigenvalue weighted by Gasteiger charge is 2.12. The summed E-state index contributed by atoms with van der Waals surface area (Å²) in [4.78, 5) is 27.1. The third-order valence-corrected chi connectivity index (χ3v) is 5.34. The molecule has 0 radical (unpaired) electrons. The number of hydrogen-bond donors (Lipinski definition) is 2. The number of likely N-dealkylation sites (N-methyl/N-ethyl adjacent to an activating group) is 1. The molecule has 0 unspecified atom stereocenters. The highest BCUT2D eigenvalue weighted by atomic mass is 79.9. The lowest BCUT2D eigenvalue weighted by Gasteiger charge is -2.17. The van der Waals surface area contributed by atoms with Gasteiger partial charge in [0.1, 0.15) is 0 Å². The average molecular weight is 436 g/mol. The van der Waals surface area contributed by atoms with Gasteiger partial charge in [0.15, 0.2) is 0 Å². The van der Waals surface area contributed by atoms with Gasteiger partial charge >= 0.3 is 0 Å². The van der Waals surface area contributed by atoms with Gasteiger partial charge in [0.05, 0.1) is 18.8 Å². The third kappa shape index (κ3) is 6.16. The Morgan fingerprint density at radius 2 is 1.73 bits per heavy atom. The van der Waals surface area contributed by atoms with Crippen molar-refractivity contribution in [2.24, 2.45) is 0 Å². The molecule has 5 nitrogen and oxygen atoms in total. The lowest BCUT2D eigenvalue weighted by Crippen LogP contribution is -2.36. The van der Waals surface area contributed by atoms with Gasteiger partial charge in [-0.3, -0.25) is 14.5 Å². The first-order valence-corrected chi connectivity index (χ1v) is 10.1. The van der Waals surface area contributed by atoms with Crippen LogP contribution in [-0.4, -0.2) is 43.1 Å². The Labute approximate surface area is 166 Å². The van der Waals surface area contributed by atoms with Crippen LogP contribution in [0.1, 0.15) is 5.56 Å². The van der Waals surface area contributed by atoms with Crippen LogP contribution in [0.4, 0.5) is 11.4 Å². The van der Waals surface area contributed by atoms with E-state index >= 15 is 0 Å². The summed E-state index contributed by atoms with van der Waals surface area (Å²) in [5, 5.41) is 5.74. The van der Waals surface area contributed by atoms with Gasteiger partial charge in [0.25, 0.3) is 0 Å². The molecule has 2 N–H and O–H groups in total. The summed E-state index contributed by atoms with van der Waals surface area (Å²) in [7, 11) is 1.74. The smallest absolute Gasteiger partial charge is 0.238 e. The molecule has 0 saturated carbocycles. The molecular formula is C19H22BrN3O2S. The van der Waals surface area contributed by atoms with Crippen LogP contribution < -0.4 is 10.6 Å². The lowest BCUT2D eigenvalue weighted by molar-refractivity contribution is -0.119. The molecule has 0 aromatic heterocycles. The maximum Gasteiger partial charge on any atom is 0.238 e. The van der Waals surface area contributed by atoms with Gasteiger partial charge in [0, 0.05) is 15.1 Å². The summed E-state index contributed by atoms with van der Waals surface area (Å²) >= 11 is 5.01. The Bertz CT molecular complexity index is 798. The van der Waals surface area contributed by atoms with Crippen molar-refractivity contribution in [3.05, 3.63) is 52.5 Å². The number of thioether (sulfide) groups is 1. The van der Waals surface area contributed by atoms with E-state index in [0.717, 1.165) is 26.3 Å². The van der Waals surface area contributed by atoms with E-state index in [2.05, 4.69) is 26.6 Å². The first-order valence-electron chi connectivity index (χ1n) is 8.06. The van der Waals surface area contributed by atoms with Crippen LogP contribution >= 0.6 is 27.7 Å². The molecule has 2 amide bonds. The summed E-state index contributed by atoms with van der Waals surface area (Å²) in [6.45, 7) is 2.23. The number of para-hydroxylation sites is 1. The number of carbonyl (C=O) groups excluding carboxylic acids is 2. The first kappa shape index (κ1) is 20.5. The SMILES string of the molecule is CSc1ccccc1NC(=O)CN(C)CC(=O)Nc1ccc(Br)c(C)c1. The van der Waals surface area contributed by atoms with Crippen LogP contribution in [0.2, 0.25) is 0 Å². The summed E-state index contributed by atoms with van der Waals surface area (Å²) in [5.41, 5.74) is 2.57. The minimum Gasteiger partial charge on any atom is -0.325 e. The summed E-state index contributed by atoms with van der Waals surface area (Å²) in [5.74, 6) is -0.312. The van der Waals surface area contributed by atoms with E-state index in [9.17, 15) is 9.59 Å². The van der Waals surface area contributed by atoms with E-state index in [-0.39, 0.29) is 24.9 Å². The summed E-state index contributed by atoms with van der Waals surface area (Å²) in [6, 6.07) is 13.3. The molecule has 2 aromatic carbocycles. The highest BCUT2D eigenvalue weighted by molar-refractivity contribution is 9.10. The monoisotopic (exact) mass is 435 g/mol. The van der Waals surface area contributed by atoms with Gasteiger partial charge in [0.2, 0.25) is 11.8 Å². The van der Waals surface area contributed by atoms with Crippen LogP contribution in [0.25, 0.3) is 0 Å². The van der Waals surface area contributed by atoms with Crippen LogP contribution in [-0.2, 0) is 9.59 Å². The molecule has 26 heavy (non-hydrogen) atoms. The van der Waals surface area contributed by atoms with E-state index in [4.69, 9.17) is 0 Å². The molecule has 0 saturated heterocycles. The van der Waals surface area contributed by atoms with Crippen molar-refractivity contribution in [1.82, 2.24) is 4.90 Å². The Kier molecular flexibility index (Phi) is 7.68. The van der Waals surface area contributed by atoms with Gasteiger partial charge < -0.3 is 10.6 Å². The molecule has 2 aromatic rings. The fourth-order valence-electron chi connectivity index (χ4n) is 2.41. The second-order valence-corrected chi connectivity index (χ2v) is 7.64. The molecule has 0 bridgehead atoms. The summed E-state index contributed by atoms with van der Waals surface area (Å²) < 4.78 is 0.995. The van der Waals surface area contributed by atoms with Crippen molar-refractivity contribution in [2.45, 2.75) is 11.8 Å². The fraction of sp³-hybridized carbons (Fsp3) is 0.263. The minimum absolute atomic E-state index is 0.132. The van der Waals surface area contributed by atoms with Crippen molar-refractivity contribution < 1.29 is 9.59 Å². The van der Waals surface area contributed by atoms with Crippen molar-refractivity contribution in [3.63, 3.8) is 0 Å². The zero-order chi connectivity index (χ0) is 19.1. The Morgan fingerprint density at radius 3 is 2.38 bits per heavy atom. The van der Waals surface area contributed by atoms with Crippen molar-refractivity contribution in [2.75, 3.05) is 37.0 Å². The molecule has 0 aliphatic rings. The number of halogens is 1. The Hall–Kier alpha value is -1.83. The maximum atomic E-state index is 12.2. The van der Waals surface area contributed by atoms with E-state index in [1.54, 1.807) is 23.7 Å². The van der Waals surface area contributed by atoms with E-state index in [0.29, 0.717) is 0 Å². The van der Waals surface area contributed by atoms with Crippen LogP contribution in [0, 0.1) is 6.92 Å². The van der Waals surface area contributed by atoms with Crippen molar-refractivity contribution >= 4 is 50.9 Å². The number of nitrogens with zero attached hydrogens (tertiary/aromatic N) is 1. The molecule has 0 fully saturated rings. The molecule has 2 rings (SSSR count). The Balaban J connectivity index is 1.85. The molecular weight excluding hydrogens is 414 g/mol. The standard InChI is InChI=1S/C19H22BrN3O2S/c1-13-10-14(8-9-15(13)20)21-18(24)11-23(2)12-19(25)22-16-6-4-5-7-17(16)26-3/h4-10H,11-12H2,1-3H3,(H,21,24)(H,22,25). The molecule has 0 heterocycles. The number of anilines is 2. The molecule has 0 atom stereocenters. The van der Waals surface area contributed by atoms with E-state index in [1.165, 1.54) is 0 Å². The second-order valence-electron chi connectivity index (χ2n) is 5.93. The first-order chi connectivity index (χ1) is 12.4. The van der Waals surface area contributed by atoms with E-state index < -0.39 is 0 Å². The maximum absolute atomic E-state index is 12.2. The van der Waals surface area contributed by atoms with E-state index in [1.807, 2.05) is 55.6 Å². The van der Waals surface area contributed by atoms with Crippen LogP contribution in [0.3, 0.4) is 0 Å². The topological polar surface area (TPSA) is 61.4 Å². The zero-order valence-electron chi connectivity index (χ0n) is 15.0. The number of rotatable bonds is 7. The molecule has 0 spiro atoms.